The summed E-state index contributed by atoms with van der Waals surface area (Å²) < 4.78 is 48.3. The first kappa shape index (κ1) is 29.8. The van der Waals surface area contributed by atoms with Gasteiger partial charge in [0.2, 0.25) is 5.91 Å². The third-order valence-electron chi connectivity index (χ3n) is 8.02. The average molecular weight is 583 g/mol. The van der Waals surface area contributed by atoms with E-state index in [-0.39, 0.29) is 30.4 Å². The van der Waals surface area contributed by atoms with Crippen molar-refractivity contribution in [3.8, 4) is 11.5 Å². The van der Waals surface area contributed by atoms with Gasteiger partial charge in [0.05, 0.1) is 23.9 Å². The Kier molecular flexibility index (Phi) is 8.98. The third kappa shape index (κ3) is 7.01. The maximum absolute atomic E-state index is 14.1. The van der Waals surface area contributed by atoms with E-state index in [1.807, 2.05) is 13.0 Å². The SMILES string of the molecule is CCN1CCN(Cc2ccc(CC(=O)N3Cc4cc(Oc5ccnc(NC)c5)cnc4C(C)C3)cc2C(F)(F)F)CC1. The Morgan fingerprint density at radius 1 is 1.05 bits per heavy atom. The molecule has 5 rings (SSSR count). The number of aromatic nitrogens is 2. The minimum absolute atomic E-state index is 0.0233. The van der Waals surface area contributed by atoms with Gasteiger partial charge in [-0.2, -0.15) is 13.2 Å². The Labute approximate surface area is 244 Å². The first-order valence-corrected chi connectivity index (χ1v) is 14.3. The predicted molar refractivity (Wildman–Crippen MR) is 154 cm³/mol. The molecule has 1 aromatic carbocycles. The Balaban J connectivity index is 1.28. The first-order chi connectivity index (χ1) is 20.1. The standard InChI is InChI=1S/C31H37F3N6O2/c1-4-38-9-11-39(12-10-38)19-23-6-5-22(13-27(23)31(32,33)34)14-29(41)40-18-21(2)30-24(20-40)15-26(17-37-30)42-25-7-8-36-28(16-25)35-3/h5-8,13,15-17,21H,4,9-12,14,18-20H2,1-3H3,(H,35,36). The molecule has 0 radical (unpaired) electrons. The van der Waals surface area contributed by atoms with E-state index in [9.17, 15) is 18.0 Å². The summed E-state index contributed by atoms with van der Waals surface area (Å²) in [6.45, 7) is 9.21. The number of alkyl halides is 3. The van der Waals surface area contributed by atoms with Crippen LogP contribution in [0.3, 0.4) is 0 Å². The number of nitrogens with one attached hydrogen (secondary N) is 1. The van der Waals surface area contributed by atoms with Gasteiger partial charge < -0.3 is 19.9 Å². The number of hydrogen-bond acceptors (Lipinski definition) is 7. The smallest absolute Gasteiger partial charge is 0.416 e. The van der Waals surface area contributed by atoms with E-state index < -0.39 is 11.7 Å². The van der Waals surface area contributed by atoms with Gasteiger partial charge in [0.15, 0.2) is 0 Å². The van der Waals surface area contributed by atoms with Crippen LogP contribution in [-0.2, 0) is 30.5 Å². The maximum atomic E-state index is 14.1. The lowest BCUT2D eigenvalue weighted by Crippen LogP contribution is -2.45. The van der Waals surface area contributed by atoms with Crippen LogP contribution in [0.4, 0.5) is 19.0 Å². The van der Waals surface area contributed by atoms with Crippen LogP contribution in [0.2, 0.25) is 0 Å². The minimum atomic E-state index is -4.50. The summed E-state index contributed by atoms with van der Waals surface area (Å²) in [4.78, 5) is 28.2. The van der Waals surface area contributed by atoms with Crippen molar-refractivity contribution in [1.82, 2.24) is 24.7 Å². The van der Waals surface area contributed by atoms with Gasteiger partial charge in [-0.25, -0.2) is 4.98 Å². The van der Waals surface area contributed by atoms with Gasteiger partial charge in [-0.3, -0.25) is 14.7 Å². The summed E-state index contributed by atoms with van der Waals surface area (Å²) >= 11 is 0. The number of carbonyl (C=O) groups is 1. The van der Waals surface area contributed by atoms with Crippen LogP contribution in [0.1, 0.15) is 47.7 Å². The second-order valence-corrected chi connectivity index (χ2v) is 11.0. The lowest BCUT2D eigenvalue weighted by molar-refractivity contribution is -0.138. The van der Waals surface area contributed by atoms with E-state index in [0.29, 0.717) is 36.0 Å². The van der Waals surface area contributed by atoms with Gasteiger partial charge >= 0.3 is 6.18 Å². The number of anilines is 1. The van der Waals surface area contributed by atoms with Gasteiger partial charge in [-0.1, -0.05) is 26.0 Å². The van der Waals surface area contributed by atoms with Crippen molar-refractivity contribution in [2.75, 3.05) is 51.6 Å². The second kappa shape index (κ2) is 12.7. The number of pyridine rings is 2. The van der Waals surface area contributed by atoms with Crippen LogP contribution in [-0.4, -0.2) is 76.9 Å². The summed E-state index contributed by atoms with van der Waals surface area (Å²) in [5.74, 6) is 1.55. The number of piperazine rings is 1. The molecule has 0 aliphatic carbocycles. The van der Waals surface area contributed by atoms with Crippen molar-refractivity contribution >= 4 is 11.7 Å². The molecule has 224 valence electrons. The second-order valence-electron chi connectivity index (χ2n) is 11.0. The highest BCUT2D eigenvalue weighted by atomic mass is 19.4. The van der Waals surface area contributed by atoms with Gasteiger partial charge in [0.1, 0.15) is 17.3 Å². The predicted octanol–water partition coefficient (Wildman–Crippen LogP) is 5.16. The molecule has 4 heterocycles. The van der Waals surface area contributed by atoms with Gasteiger partial charge in [-0.15, -0.1) is 0 Å². The Morgan fingerprint density at radius 3 is 2.52 bits per heavy atom. The number of nitrogens with zero attached hydrogens (tertiary/aromatic N) is 5. The van der Waals surface area contributed by atoms with E-state index in [0.717, 1.165) is 50.0 Å². The van der Waals surface area contributed by atoms with Crippen LogP contribution in [0.5, 0.6) is 11.5 Å². The molecule has 0 bridgehead atoms. The Morgan fingerprint density at radius 2 is 1.81 bits per heavy atom. The van der Waals surface area contributed by atoms with Gasteiger partial charge in [-0.05, 0) is 41.4 Å². The molecule has 8 nitrogen and oxygen atoms in total. The first-order valence-electron chi connectivity index (χ1n) is 14.3. The lowest BCUT2D eigenvalue weighted by atomic mass is 9.95. The molecular weight excluding hydrogens is 545 g/mol. The van der Waals surface area contributed by atoms with Crippen LogP contribution in [0, 0.1) is 0 Å². The normalized spacial score (nSPS) is 18.0. The molecule has 1 saturated heterocycles. The largest absolute Gasteiger partial charge is 0.456 e. The molecule has 1 unspecified atom stereocenters. The van der Waals surface area contributed by atoms with Crippen molar-refractivity contribution in [2.45, 2.75) is 45.5 Å². The van der Waals surface area contributed by atoms with Crippen molar-refractivity contribution in [2.24, 2.45) is 0 Å². The number of ether oxygens (including phenoxy) is 1. The number of benzene rings is 1. The van der Waals surface area contributed by atoms with Crippen LogP contribution in [0.25, 0.3) is 0 Å². The van der Waals surface area contributed by atoms with Crippen LogP contribution < -0.4 is 10.1 Å². The molecule has 0 spiro atoms. The Bertz CT molecular complexity index is 1410. The Hall–Kier alpha value is -3.70. The molecular formula is C31H37F3N6O2. The summed E-state index contributed by atoms with van der Waals surface area (Å²) in [5.41, 5.74) is 1.70. The molecule has 1 amide bonds. The summed E-state index contributed by atoms with van der Waals surface area (Å²) in [7, 11) is 1.77. The number of fused-ring (bicyclic) bond motifs is 1. The zero-order chi connectivity index (χ0) is 29.9. The van der Waals surface area contributed by atoms with Crippen molar-refractivity contribution in [3.05, 3.63) is 76.7 Å². The molecule has 2 aliphatic heterocycles. The highest BCUT2D eigenvalue weighted by molar-refractivity contribution is 5.79. The molecule has 2 aliphatic rings. The number of halogens is 3. The minimum Gasteiger partial charge on any atom is -0.456 e. The zero-order valence-corrected chi connectivity index (χ0v) is 24.2. The molecule has 1 fully saturated rings. The van der Waals surface area contributed by atoms with Gasteiger partial charge in [0, 0.05) is 71.0 Å². The molecule has 42 heavy (non-hydrogen) atoms. The van der Waals surface area contributed by atoms with E-state index in [2.05, 4.69) is 32.0 Å². The number of carbonyl (C=O) groups excluding carboxylic acids is 1. The summed E-state index contributed by atoms with van der Waals surface area (Å²) in [6, 6.07) is 9.73. The topological polar surface area (TPSA) is 73.8 Å². The fraction of sp³-hybridized carbons (Fsp3) is 0.452. The third-order valence-corrected chi connectivity index (χ3v) is 8.02. The fourth-order valence-electron chi connectivity index (χ4n) is 5.68. The molecule has 0 saturated carbocycles. The van der Waals surface area contributed by atoms with Crippen LogP contribution in [0.15, 0.2) is 48.8 Å². The molecule has 1 atom stereocenters. The van der Waals surface area contributed by atoms with Crippen LogP contribution >= 0.6 is 0 Å². The molecule has 3 aromatic rings. The fourth-order valence-corrected chi connectivity index (χ4v) is 5.68. The van der Waals surface area contributed by atoms with Crippen molar-refractivity contribution in [3.63, 3.8) is 0 Å². The van der Waals surface area contributed by atoms with E-state index >= 15 is 0 Å². The average Bonchev–Trinajstić information content (AvgIpc) is 2.97. The highest BCUT2D eigenvalue weighted by Gasteiger charge is 2.35. The van der Waals surface area contributed by atoms with Crippen molar-refractivity contribution < 1.29 is 22.7 Å². The van der Waals surface area contributed by atoms with Crippen molar-refractivity contribution in [1.29, 1.82) is 0 Å². The summed E-state index contributed by atoms with van der Waals surface area (Å²) in [5, 5.41) is 2.97. The van der Waals surface area contributed by atoms with E-state index in [4.69, 9.17) is 4.74 Å². The monoisotopic (exact) mass is 582 g/mol. The lowest BCUT2D eigenvalue weighted by Gasteiger charge is -2.34. The number of hydrogen-bond donors (Lipinski definition) is 1. The van der Waals surface area contributed by atoms with E-state index in [1.165, 1.54) is 6.07 Å². The van der Waals surface area contributed by atoms with E-state index in [1.54, 1.807) is 42.5 Å². The quantitative estimate of drug-likeness (QED) is 0.394. The number of likely N-dealkylation sites (N-methyl/N-ethyl adjacent to an activating group) is 1. The molecule has 11 heteroatoms. The molecule has 2 aromatic heterocycles. The van der Waals surface area contributed by atoms with Gasteiger partial charge in [0.25, 0.3) is 0 Å². The highest BCUT2D eigenvalue weighted by Crippen LogP contribution is 2.35. The number of amides is 1. The maximum Gasteiger partial charge on any atom is 0.416 e. The molecule has 1 N–H and O–H groups in total. The number of rotatable bonds is 8. The zero-order valence-electron chi connectivity index (χ0n) is 24.2. The summed E-state index contributed by atoms with van der Waals surface area (Å²) in [6.07, 6.45) is -1.30.